The van der Waals surface area contributed by atoms with Crippen molar-refractivity contribution in [1.82, 2.24) is 0 Å². The van der Waals surface area contributed by atoms with E-state index in [-0.39, 0.29) is 0 Å². The minimum atomic E-state index is -1.35. The summed E-state index contributed by atoms with van der Waals surface area (Å²) in [6.07, 6.45) is 0. The predicted octanol–water partition coefficient (Wildman–Crippen LogP) is 1.78. The van der Waals surface area contributed by atoms with Crippen LogP contribution >= 0.6 is 0 Å². The molecule has 1 aromatic rings. The van der Waals surface area contributed by atoms with Crippen molar-refractivity contribution < 1.29 is 13.2 Å². The predicted molar refractivity (Wildman–Crippen MR) is 29.9 cm³/mol. The fourth-order valence-corrected chi connectivity index (χ4v) is 0.557. The molecule has 0 saturated heterocycles. The molecule has 0 atom stereocenters. The minimum absolute atomic E-state index is 0.310. The van der Waals surface area contributed by atoms with Crippen LogP contribution < -0.4 is 0 Å². The van der Waals surface area contributed by atoms with Gasteiger partial charge in [-0.2, -0.15) is 5.26 Å². The van der Waals surface area contributed by atoms with Crippen LogP contribution in [0.25, 0.3) is 0 Å². The summed E-state index contributed by atoms with van der Waals surface area (Å²) in [7, 11) is 0. The van der Waals surface area contributed by atoms with E-state index in [4.69, 9.17) is 5.26 Å². The van der Waals surface area contributed by atoms with Gasteiger partial charge in [0.05, 0.1) is 5.56 Å². The number of nitriles is 1. The van der Waals surface area contributed by atoms with Crippen LogP contribution in [0.4, 0.5) is 13.2 Å². The molecule has 1 radical (unpaired) electrons. The third-order valence-electron chi connectivity index (χ3n) is 1.05. The van der Waals surface area contributed by atoms with Gasteiger partial charge in [-0.25, -0.2) is 13.2 Å². The van der Waals surface area contributed by atoms with Gasteiger partial charge in [0.25, 0.3) is 0 Å². The van der Waals surface area contributed by atoms with E-state index in [2.05, 4.69) is 0 Å². The van der Waals surface area contributed by atoms with Crippen LogP contribution in [-0.4, -0.2) is 0 Å². The molecule has 0 saturated carbocycles. The molecule has 0 unspecified atom stereocenters. The molecule has 4 heteroatoms. The van der Waals surface area contributed by atoms with Crippen molar-refractivity contribution in [3.8, 4) is 6.07 Å². The molecule has 0 aromatic heterocycles. The standard InChI is InChI=1S/C7HF3N/c8-5-2-7(10)6(9)1-4(5)3-11/h2H. The van der Waals surface area contributed by atoms with E-state index >= 15 is 0 Å². The van der Waals surface area contributed by atoms with Gasteiger partial charge in [-0.3, -0.25) is 0 Å². The van der Waals surface area contributed by atoms with Gasteiger partial charge >= 0.3 is 0 Å². The zero-order valence-electron chi connectivity index (χ0n) is 5.16. The van der Waals surface area contributed by atoms with E-state index in [0.29, 0.717) is 6.07 Å². The summed E-state index contributed by atoms with van der Waals surface area (Å²) in [5.41, 5.74) is -0.621. The van der Waals surface area contributed by atoms with Crippen LogP contribution in [0.5, 0.6) is 0 Å². The summed E-state index contributed by atoms with van der Waals surface area (Å²) in [6.45, 7) is 0. The van der Waals surface area contributed by atoms with Gasteiger partial charge in [-0.05, 0) is 0 Å². The largest absolute Gasteiger partial charge is 0.205 e. The SMILES string of the molecule is N#Cc1[c]c(F)c(F)cc1F. The Morgan fingerprint density at radius 3 is 2.45 bits per heavy atom. The van der Waals surface area contributed by atoms with Crippen molar-refractivity contribution in [3.05, 3.63) is 35.1 Å². The number of halogens is 3. The third-order valence-corrected chi connectivity index (χ3v) is 1.05. The Hall–Kier alpha value is -1.50. The molecule has 0 aliphatic carbocycles. The Kier molecular flexibility index (Phi) is 1.81. The highest BCUT2D eigenvalue weighted by Crippen LogP contribution is 2.11. The fraction of sp³-hybridized carbons (Fsp3) is 0. The number of rotatable bonds is 0. The molecule has 1 nitrogen and oxygen atoms in total. The van der Waals surface area contributed by atoms with Crippen molar-refractivity contribution in [3.63, 3.8) is 0 Å². The number of nitrogens with zero attached hydrogens (tertiary/aromatic N) is 1. The first-order valence-corrected chi connectivity index (χ1v) is 2.62. The lowest BCUT2D eigenvalue weighted by atomic mass is 10.2. The van der Waals surface area contributed by atoms with Gasteiger partial charge in [-0.1, -0.05) is 0 Å². The summed E-state index contributed by atoms with van der Waals surface area (Å²) in [5, 5.41) is 8.12. The van der Waals surface area contributed by atoms with Crippen molar-refractivity contribution in [1.29, 1.82) is 5.26 Å². The third kappa shape index (κ3) is 1.32. The average molecular weight is 156 g/mol. The molecule has 0 aliphatic heterocycles. The summed E-state index contributed by atoms with van der Waals surface area (Å²) in [4.78, 5) is 0. The second kappa shape index (κ2) is 2.62. The Morgan fingerprint density at radius 2 is 1.91 bits per heavy atom. The smallest absolute Gasteiger partial charge is 0.168 e. The minimum Gasteiger partial charge on any atom is -0.205 e. The first kappa shape index (κ1) is 7.61. The number of hydrogen-bond donors (Lipinski definition) is 0. The van der Waals surface area contributed by atoms with Gasteiger partial charge < -0.3 is 0 Å². The highest BCUT2D eigenvalue weighted by atomic mass is 19.2. The van der Waals surface area contributed by atoms with Crippen LogP contribution in [0.15, 0.2) is 6.07 Å². The molecule has 0 spiro atoms. The zero-order chi connectivity index (χ0) is 8.43. The van der Waals surface area contributed by atoms with Crippen LogP contribution in [0, 0.1) is 34.8 Å². The molecule has 0 bridgehead atoms. The van der Waals surface area contributed by atoms with E-state index in [1.165, 1.54) is 6.07 Å². The molecule has 0 fully saturated rings. The fourth-order valence-electron chi connectivity index (χ4n) is 0.557. The van der Waals surface area contributed by atoms with Crippen LogP contribution in [0.2, 0.25) is 0 Å². The molecule has 11 heavy (non-hydrogen) atoms. The first-order chi connectivity index (χ1) is 5.15. The quantitative estimate of drug-likeness (QED) is 0.525. The summed E-state index contributed by atoms with van der Waals surface area (Å²) < 4.78 is 36.7. The normalized spacial score (nSPS) is 9.27. The lowest BCUT2D eigenvalue weighted by Crippen LogP contribution is -1.91. The monoisotopic (exact) mass is 156 g/mol. The Morgan fingerprint density at radius 1 is 1.27 bits per heavy atom. The van der Waals surface area contributed by atoms with Crippen LogP contribution in [-0.2, 0) is 0 Å². The molecule has 0 heterocycles. The van der Waals surface area contributed by atoms with E-state index in [1.54, 1.807) is 6.07 Å². The van der Waals surface area contributed by atoms with Gasteiger partial charge in [0.1, 0.15) is 11.9 Å². The van der Waals surface area contributed by atoms with E-state index in [9.17, 15) is 13.2 Å². The molecule has 1 aromatic carbocycles. The molecule has 0 amide bonds. The van der Waals surface area contributed by atoms with Crippen LogP contribution in [0.3, 0.4) is 0 Å². The molecular weight excluding hydrogens is 155 g/mol. The highest BCUT2D eigenvalue weighted by Gasteiger charge is 2.08. The molecule has 55 valence electrons. The lowest BCUT2D eigenvalue weighted by molar-refractivity contribution is 0.492. The van der Waals surface area contributed by atoms with Crippen molar-refractivity contribution in [2.75, 3.05) is 0 Å². The number of hydrogen-bond acceptors (Lipinski definition) is 1. The maximum atomic E-state index is 12.4. The Balaban J connectivity index is 3.35. The van der Waals surface area contributed by atoms with Crippen molar-refractivity contribution >= 4 is 0 Å². The average Bonchev–Trinajstić information content (AvgIpc) is 1.97. The zero-order valence-corrected chi connectivity index (χ0v) is 5.16. The first-order valence-electron chi connectivity index (χ1n) is 2.62. The topological polar surface area (TPSA) is 23.8 Å². The highest BCUT2D eigenvalue weighted by molar-refractivity contribution is 5.29. The molecular formula is C7HF3N. The molecule has 1 rings (SSSR count). The Bertz CT molecular complexity index is 327. The van der Waals surface area contributed by atoms with Gasteiger partial charge in [0.2, 0.25) is 0 Å². The summed E-state index contributed by atoms with van der Waals surface area (Å²) in [6, 6.07) is 3.25. The van der Waals surface area contributed by atoms with Crippen molar-refractivity contribution in [2.45, 2.75) is 0 Å². The number of benzene rings is 1. The van der Waals surface area contributed by atoms with Gasteiger partial charge in [0.15, 0.2) is 11.6 Å². The van der Waals surface area contributed by atoms with Crippen LogP contribution in [0.1, 0.15) is 5.56 Å². The maximum absolute atomic E-state index is 12.4. The second-order valence-corrected chi connectivity index (χ2v) is 1.77. The second-order valence-electron chi connectivity index (χ2n) is 1.77. The van der Waals surface area contributed by atoms with E-state index < -0.39 is 23.0 Å². The van der Waals surface area contributed by atoms with Crippen molar-refractivity contribution in [2.24, 2.45) is 0 Å². The Labute approximate surface area is 60.7 Å². The maximum Gasteiger partial charge on any atom is 0.168 e. The van der Waals surface area contributed by atoms with Gasteiger partial charge in [-0.15, -0.1) is 0 Å². The summed E-state index contributed by atoms with van der Waals surface area (Å²) >= 11 is 0. The molecule has 0 N–H and O–H groups in total. The lowest BCUT2D eigenvalue weighted by Gasteiger charge is -1.93. The van der Waals surface area contributed by atoms with E-state index in [1.807, 2.05) is 0 Å². The van der Waals surface area contributed by atoms with E-state index in [0.717, 1.165) is 0 Å². The molecule has 0 aliphatic rings. The van der Waals surface area contributed by atoms with Gasteiger partial charge in [0, 0.05) is 12.1 Å². The summed E-state index contributed by atoms with van der Waals surface area (Å²) in [5.74, 6) is -3.80.